The molecule has 0 aromatic rings. The molecule has 80 heavy (non-hydrogen) atoms. The van der Waals surface area contributed by atoms with Crippen LogP contribution in [0.15, 0.2) is 146 Å². The fraction of sp³-hybridized carbons (Fsp3) is 0.635. The highest BCUT2D eigenvalue weighted by Gasteiger charge is 2.19. The standard InChI is InChI=1S/C74H120O6/c1-4-7-10-13-16-19-22-25-28-30-32-33-34-35-36-37-38-39-40-41-43-44-46-49-52-55-58-61-64-67-73(76)79-70-71(69-78-72(75)66-63-60-57-54-51-48-27-24-21-18-15-12-9-6-3)80-74(77)68-65-62-59-56-53-50-47-45-42-31-29-26-23-20-17-14-11-8-5-2/h7,10,16-17,19-20,25-26,28-29,32-33,35-36,38-39,41-43,45-46,49,55,58,71H,4-6,8-9,11-15,18,21-24,27,30-31,34,37,40,44,47-48,50-54,56-57,59-70H2,1-3H3/b10-7-,19-16-,20-17-,28-25-,29-26-,33-32-,36-35-,39-38-,43-41-,45-42-,49-46-,58-55-. The summed E-state index contributed by atoms with van der Waals surface area (Å²) < 4.78 is 16.9. The summed E-state index contributed by atoms with van der Waals surface area (Å²) in [5.74, 6) is -0.977. The molecule has 0 rings (SSSR count). The number of hydrogen-bond acceptors (Lipinski definition) is 6. The van der Waals surface area contributed by atoms with Crippen molar-refractivity contribution in [3.63, 3.8) is 0 Å². The molecule has 6 nitrogen and oxygen atoms in total. The highest BCUT2D eigenvalue weighted by Crippen LogP contribution is 2.15. The van der Waals surface area contributed by atoms with Crippen LogP contribution in [0.1, 0.15) is 284 Å². The Balaban J connectivity index is 4.48. The fourth-order valence-corrected chi connectivity index (χ4v) is 8.69. The number of ether oxygens (including phenoxy) is 3. The molecule has 0 fully saturated rings. The quantitative estimate of drug-likeness (QED) is 0.0261. The first-order valence-electron chi connectivity index (χ1n) is 32.8. The van der Waals surface area contributed by atoms with Crippen LogP contribution in [0.25, 0.3) is 0 Å². The van der Waals surface area contributed by atoms with Gasteiger partial charge in [-0.15, -0.1) is 0 Å². The maximum absolute atomic E-state index is 12.9. The third kappa shape index (κ3) is 64.1. The molecule has 0 aromatic carbocycles. The van der Waals surface area contributed by atoms with Gasteiger partial charge >= 0.3 is 17.9 Å². The Bertz CT molecular complexity index is 1750. The summed E-state index contributed by atoms with van der Waals surface area (Å²) >= 11 is 0. The number of allylic oxidation sites excluding steroid dienone is 24. The molecule has 1 atom stereocenters. The van der Waals surface area contributed by atoms with Gasteiger partial charge in [-0.05, 0) is 122 Å². The van der Waals surface area contributed by atoms with Gasteiger partial charge in [0.2, 0.25) is 0 Å². The molecule has 0 aliphatic carbocycles. The number of hydrogen-bond donors (Lipinski definition) is 0. The van der Waals surface area contributed by atoms with Crippen LogP contribution in [-0.2, 0) is 28.6 Å². The lowest BCUT2D eigenvalue weighted by Gasteiger charge is -2.18. The third-order valence-electron chi connectivity index (χ3n) is 13.6. The van der Waals surface area contributed by atoms with E-state index in [0.29, 0.717) is 19.3 Å². The molecule has 452 valence electrons. The van der Waals surface area contributed by atoms with Gasteiger partial charge in [0, 0.05) is 19.3 Å². The second-order valence-corrected chi connectivity index (χ2v) is 21.3. The van der Waals surface area contributed by atoms with E-state index in [1.54, 1.807) is 0 Å². The van der Waals surface area contributed by atoms with E-state index < -0.39 is 6.10 Å². The molecule has 0 bridgehead atoms. The van der Waals surface area contributed by atoms with Crippen LogP contribution in [0.2, 0.25) is 0 Å². The molecule has 0 N–H and O–H groups in total. The van der Waals surface area contributed by atoms with Crippen molar-refractivity contribution in [2.45, 2.75) is 290 Å². The van der Waals surface area contributed by atoms with Crippen molar-refractivity contribution in [2.75, 3.05) is 13.2 Å². The van der Waals surface area contributed by atoms with Crippen LogP contribution >= 0.6 is 0 Å². The highest BCUT2D eigenvalue weighted by atomic mass is 16.6. The zero-order valence-corrected chi connectivity index (χ0v) is 51.8. The van der Waals surface area contributed by atoms with E-state index in [2.05, 4.69) is 167 Å². The van der Waals surface area contributed by atoms with Gasteiger partial charge in [0.25, 0.3) is 0 Å². The molecule has 0 aliphatic heterocycles. The van der Waals surface area contributed by atoms with Crippen molar-refractivity contribution < 1.29 is 28.6 Å². The summed E-state index contributed by atoms with van der Waals surface area (Å²) in [6.45, 7) is 6.45. The van der Waals surface area contributed by atoms with E-state index in [-0.39, 0.29) is 37.5 Å². The van der Waals surface area contributed by atoms with Crippen LogP contribution < -0.4 is 0 Å². The average molecular weight is 1110 g/mol. The Kier molecular flexibility index (Phi) is 62.9. The molecule has 0 aromatic heterocycles. The molecule has 0 saturated heterocycles. The number of rotatable bonds is 58. The predicted octanol–water partition coefficient (Wildman–Crippen LogP) is 22.7. The lowest BCUT2D eigenvalue weighted by atomic mass is 10.0. The average Bonchev–Trinajstić information content (AvgIpc) is 3.46. The van der Waals surface area contributed by atoms with Crippen molar-refractivity contribution in [3.05, 3.63) is 146 Å². The fourth-order valence-electron chi connectivity index (χ4n) is 8.69. The number of carbonyl (C=O) groups is 3. The lowest BCUT2D eigenvalue weighted by Crippen LogP contribution is -2.30. The molecule has 0 aliphatic rings. The minimum atomic E-state index is -0.814. The molecule has 0 amide bonds. The first-order valence-corrected chi connectivity index (χ1v) is 32.8. The molecular weight excluding hydrogens is 985 g/mol. The van der Waals surface area contributed by atoms with E-state index >= 15 is 0 Å². The van der Waals surface area contributed by atoms with Crippen LogP contribution in [-0.4, -0.2) is 37.2 Å². The van der Waals surface area contributed by atoms with E-state index in [1.165, 1.54) is 109 Å². The second-order valence-electron chi connectivity index (χ2n) is 21.3. The smallest absolute Gasteiger partial charge is 0.306 e. The monoisotopic (exact) mass is 1100 g/mol. The summed E-state index contributed by atoms with van der Waals surface area (Å²) in [7, 11) is 0. The van der Waals surface area contributed by atoms with E-state index in [1.807, 2.05) is 0 Å². The van der Waals surface area contributed by atoms with Gasteiger partial charge in [-0.1, -0.05) is 289 Å². The topological polar surface area (TPSA) is 78.9 Å². The lowest BCUT2D eigenvalue weighted by molar-refractivity contribution is -0.167. The molecule has 6 heteroatoms. The van der Waals surface area contributed by atoms with Crippen molar-refractivity contribution in [2.24, 2.45) is 0 Å². The van der Waals surface area contributed by atoms with Crippen molar-refractivity contribution in [1.29, 1.82) is 0 Å². The molecule has 0 saturated carbocycles. The van der Waals surface area contributed by atoms with Crippen molar-refractivity contribution in [3.8, 4) is 0 Å². The van der Waals surface area contributed by atoms with E-state index in [4.69, 9.17) is 14.2 Å². The first kappa shape index (κ1) is 75.3. The molecule has 0 heterocycles. The first-order chi connectivity index (χ1) is 39.5. The minimum Gasteiger partial charge on any atom is -0.462 e. The summed E-state index contributed by atoms with van der Waals surface area (Å²) in [5.41, 5.74) is 0. The minimum absolute atomic E-state index is 0.104. The maximum atomic E-state index is 12.9. The number of unbranched alkanes of at least 4 members (excludes halogenated alkanes) is 23. The summed E-state index contributed by atoms with van der Waals surface area (Å²) in [6, 6.07) is 0. The zero-order valence-electron chi connectivity index (χ0n) is 51.8. The summed E-state index contributed by atoms with van der Waals surface area (Å²) in [5, 5.41) is 0. The van der Waals surface area contributed by atoms with Crippen molar-refractivity contribution >= 4 is 17.9 Å². The van der Waals surface area contributed by atoms with Gasteiger partial charge in [-0.25, -0.2) is 0 Å². The van der Waals surface area contributed by atoms with Crippen LogP contribution in [0.3, 0.4) is 0 Å². The Morgan fingerprint density at radius 3 is 0.838 bits per heavy atom. The van der Waals surface area contributed by atoms with Gasteiger partial charge in [-0.3, -0.25) is 14.4 Å². The predicted molar refractivity (Wildman–Crippen MR) is 348 cm³/mol. The Hall–Kier alpha value is -4.71. The largest absolute Gasteiger partial charge is 0.462 e. The SMILES string of the molecule is CC/C=C\C/C=C\C/C=C\C/C=C\C/C=C\C/C=C\C/C=C\C/C=C\C/C=C\CCCC(=O)OCC(COC(=O)CCCCCCCCCCCCCCCC)OC(=O)CCCCCCCC/C=C\C/C=C\C/C=C\CCCCC. The van der Waals surface area contributed by atoms with Crippen LogP contribution in [0.4, 0.5) is 0 Å². The normalized spacial score (nSPS) is 13.1. The van der Waals surface area contributed by atoms with Gasteiger partial charge in [-0.2, -0.15) is 0 Å². The molecule has 0 radical (unpaired) electrons. The molecule has 1 unspecified atom stereocenters. The van der Waals surface area contributed by atoms with Crippen molar-refractivity contribution in [1.82, 2.24) is 0 Å². The zero-order chi connectivity index (χ0) is 57.8. The summed E-state index contributed by atoms with van der Waals surface area (Å²) in [4.78, 5) is 38.3. The van der Waals surface area contributed by atoms with Gasteiger partial charge in [0.1, 0.15) is 13.2 Å². The Labute approximate surface area is 493 Å². The molecule has 0 spiro atoms. The number of carbonyl (C=O) groups excluding carboxylic acids is 3. The van der Waals surface area contributed by atoms with Gasteiger partial charge in [0.15, 0.2) is 6.10 Å². The number of esters is 3. The Morgan fingerprint density at radius 1 is 0.263 bits per heavy atom. The van der Waals surface area contributed by atoms with Gasteiger partial charge < -0.3 is 14.2 Å². The van der Waals surface area contributed by atoms with Crippen LogP contribution in [0.5, 0.6) is 0 Å². The molecular formula is C74H120O6. The van der Waals surface area contributed by atoms with Crippen LogP contribution in [0, 0.1) is 0 Å². The second kappa shape index (κ2) is 66.8. The summed E-state index contributed by atoms with van der Waals surface area (Å²) in [6.07, 6.45) is 95.7. The van der Waals surface area contributed by atoms with E-state index in [0.717, 1.165) is 128 Å². The van der Waals surface area contributed by atoms with Gasteiger partial charge in [0.05, 0.1) is 0 Å². The Morgan fingerprint density at radius 2 is 0.500 bits per heavy atom. The third-order valence-corrected chi connectivity index (χ3v) is 13.6. The highest BCUT2D eigenvalue weighted by molar-refractivity contribution is 5.71. The van der Waals surface area contributed by atoms with E-state index in [9.17, 15) is 14.4 Å². The maximum Gasteiger partial charge on any atom is 0.306 e.